The Hall–Kier alpha value is -3.24. The molecule has 0 saturated heterocycles. The van der Waals surface area contributed by atoms with Gasteiger partial charge in [-0.2, -0.15) is 5.26 Å². The molecule has 1 atom stereocenters. The van der Waals surface area contributed by atoms with Crippen LogP contribution in [0.2, 0.25) is 0 Å². The number of hydrogen-bond donors (Lipinski definition) is 2. The maximum absolute atomic E-state index is 11.7. The van der Waals surface area contributed by atoms with E-state index in [-0.39, 0.29) is 28.5 Å². The van der Waals surface area contributed by atoms with E-state index in [2.05, 4.69) is 22.0 Å². The highest BCUT2D eigenvalue weighted by atomic mass is 79.9. The lowest BCUT2D eigenvalue weighted by Gasteiger charge is -2.28. The summed E-state index contributed by atoms with van der Waals surface area (Å²) in [4.78, 5) is 11.7. The van der Waals surface area contributed by atoms with E-state index in [9.17, 15) is 15.2 Å². The van der Waals surface area contributed by atoms with Crippen molar-refractivity contribution >= 4 is 26.9 Å². The third-order valence-electron chi connectivity index (χ3n) is 4.56. The van der Waals surface area contributed by atoms with Crippen LogP contribution in [-0.2, 0) is 0 Å². The maximum atomic E-state index is 11.7. The molecular weight excluding hydrogens is 412 g/mol. The molecular formula is C20H13BrN2O4. The summed E-state index contributed by atoms with van der Waals surface area (Å²) in [6.07, 6.45) is 0. The van der Waals surface area contributed by atoms with Crippen LogP contribution in [0.5, 0.6) is 11.5 Å². The predicted molar refractivity (Wildman–Crippen MR) is 102 cm³/mol. The summed E-state index contributed by atoms with van der Waals surface area (Å²) in [5.41, 5.74) is 7.70. The number of halogens is 1. The predicted octanol–water partition coefficient (Wildman–Crippen LogP) is 3.79. The molecule has 3 aromatic rings. The number of phenols is 1. The van der Waals surface area contributed by atoms with E-state index in [0.717, 1.165) is 10.0 Å². The molecule has 0 aliphatic carbocycles. The zero-order chi connectivity index (χ0) is 19.3. The van der Waals surface area contributed by atoms with Crippen molar-refractivity contribution in [2.45, 2.75) is 12.8 Å². The highest BCUT2D eigenvalue weighted by Crippen LogP contribution is 2.50. The van der Waals surface area contributed by atoms with Gasteiger partial charge in [-0.1, -0.05) is 28.1 Å². The molecule has 0 radical (unpaired) electrons. The molecule has 2 aromatic carbocycles. The van der Waals surface area contributed by atoms with Gasteiger partial charge in [-0.05, 0) is 30.2 Å². The first kappa shape index (κ1) is 17.2. The minimum Gasteiger partial charge on any atom is -0.507 e. The molecule has 7 heteroatoms. The summed E-state index contributed by atoms with van der Waals surface area (Å²) in [5.74, 6) is -0.524. The van der Waals surface area contributed by atoms with Gasteiger partial charge in [0.05, 0.1) is 16.9 Å². The van der Waals surface area contributed by atoms with Crippen LogP contribution in [0.4, 0.5) is 0 Å². The van der Waals surface area contributed by atoms with Crippen molar-refractivity contribution in [2.75, 3.05) is 0 Å². The number of ether oxygens (including phenoxy) is 1. The number of aromatic hydroxyl groups is 1. The lowest BCUT2D eigenvalue weighted by atomic mass is 9.82. The molecule has 3 N–H and O–H groups in total. The van der Waals surface area contributed by atoms with Crippen LogP contribution in [0.1, 0.15) is 22.6 Å². The molecule has 0 amide bonds. The number of hydrogen-bond acceptors (Lipinski definition) is 6. The summed E-state index contributed by atoms with van der Waals surface area (Å²) >= 11 is 3.43. The Labute approximate surface area is 162 Å². The summed E-state index contributed by atoms with van der Waals surface area (Å²) in [6.45, 7) is 1.74. The molecule has 0 bridgehead atoms. The van der Waals surface area contributed by atoms with Gasteiger partial charge in [0.1, 0.15) is 28.7 Å². The first-order valence-electron chi connectivity index (χ1n) is 8.04. The van der Waals surface area contributed by atoms with Crippen molar-refractivity contribution in [3.8, 4) is 17.6 Å². The summed E-state index contributed by atoms with van der Waals surface area (Å²) in [6, 6.07) is 12.2. The molecule has 1 aliphatic heterocycles. The molecule has 6 nitrogen and oxygen atoms in total. The molecule has 0 fully saturated rings. The number of aryl methyl sites for hydroxylation is 1. The first-order valence-corrected chi connectivity index (χ1v) is 8.83. The van der Waals surface area contributed by atoms with Gasteiger partial charge in [0, 0.05) is 16.6 Å². The zero-order valence-corrected chi connectivity index (χ0v) is 15.7. The number of fused-ring (bicyclic) bond motifs is 3. The van der Waals surface area contributed by atoms with Crippen LogP contribution in [-0.4, -0.2) is 5.11 Å². The fraction of sp³-hybridized carbons (Fsp3) is 0.100. The molecule has 1 aliphatic rings. The second-order valence-electron chi connectivity index (χ2n) is 6.24. The van der Waals surface area contributed by atoms with E-state index in [0.29, 0.717) is 16.5 Å². The van der Waals surface area contributed by atoms with Crippen LogP contribution >= 0.6 is 15.9 Å². The van der Waals surface area contributed by atoms with E-state index in [1.54, 1.807) is 6.92 Å². The zero-order valence-electron chi connectivity index (χ0n) is 14.1. The fourth-order valence-corrected chi connectivity index (χ4v) is 3.87. The monoisotopic (exact) mass is 424 g/mol. The van der Waals surface area contributed by atoms with Crippen LogP contribution in [0.25, 0.3) is 11.0 Å². The number of benzene rings is 2. The number of nitriles is 1. The van der Waals surface area contributed by atoms with Crippen LogP contribution in [0, 0.1) is 18.3 Å². The normalized spacial score (nSPS) is 16.0. The third kappa shape index (κ3) is 2.66. The fourth-order valence-electron chi connectivity index (χ4n) is 3.45. The van der Waals surface area contributed by atoms with Crippen molar-refractivity contribution < 1.29 is 14.3 Å². The van der Waals surface area contributed by atoms with E-state index >= 15 is 0 Å². The molecule has 0 saturated carbocycles. The topological polar surface area (TPSA) is 109 Å². The van der Waals surface area contributed by atoms with Crippen molar-refractivity contribution in [1.29, 1.82) is 5.26 Å². The molecule has 1 aromatic heterocycles. The Morgan fingerprint density at radius 3 is 2.78 bits per heavy atom. The first-order chi connectivity index (χ1) is 12.9. The summed E-state index contributed by atoms with van der Waals surface area (Å²) in [7, 11) is 0. The van der Waals surface area contributed by atoms with Gasteiger partial charge in [-0.3, -0.25) is 0 Å². The van der Waals surface area contributed by atoms with Crippen molar-refractivity contribution in [3.05, 3.63) is 79.4 Å². The number of rotatable bonds is 1. The minimum atomic E-state index is -0.619. The highest BCUT2D eigenvalue weighted by molar-refractivity contribution is 9.10. The van der Waals surface area contributed by atoms with Gasteiger partial charge >= 0.3 is 5.63 Å². The number of nitrogens with zero attached hydrogens (tertiary/aromatic N) is 1. The average molecular weight is 425 g/mol. The van der Waals surface area contributed by atoms with Gasteiger partial charge in [-0.15, -0.1) is 0 Å². The quantitative estimate of drug-likeness (QED) is 0.575. The number of phenolic OH excluding ortho intramolecular Hbond substituents is 1. The molecule has 1 unspecified atom stereocenters. The minimum absolute atomic E-state index is 0.0486. The summed E-state index contributed by atoms with van der Waals surface area (Å²) < 4.78 is 11.8. The molecule has 27 heavy (non-hydrogen) atoms. The Bertz CT molecular complexity index is 1240. The molecule has 134 valence electrons. The van der Waals surface area contributed by atoms with E-state index in [1.807, 2.05) is 24.3 Å². The molecule has 0 spiro atoms. The smallest absolute Gasteiger partial charge is 0.336 e. The standard InChI is InChI=1S/C20H13BrN2O4/c1-9-5-15(25)26-14-7-13(24)18-17(10-3-2-4-11(21)6-10)12(8-22)20(23)27-19(18)16(9)14/h2-7,17,24H,23H2,1H3. The second kappa shape index (κ2) is 6.18. The number of nitrogens with two attached hydrogens (primary N) is 1. The Morgan fingerprint density at radius 2 is 2.07 bits per heavy atom. The maximum Gasteiger partial charge on any atom is 0.336 e. The van der Waals surface area contributed by atoms with Crippen LogP contribution < -0.4 is 16.1 Å². The van der Waals surface area contributed by atoms with Gasteiger partial charge in [-0.25, -0.2) is 4.79 Å². The summed E-state index contributed by atoms with van der Waals surface area (Å²) in [5, 5.41) is 20.9. The Kier molecular flexibility index (Phi) is 3.93. The van der Waals surface area contributed by atoms with E-state index in [4.69, 9.17) is 14.9 Å². The molecule has 2 heterocycles. The SMILES string of the molecule is Cc1cc(=O)oc2cc(O)c3c(c12)OC(N)=C(C#N)C3c1cccc(Br)c1. The second-order valence-corrected chi connectivity index (χ2v) is 7.16. The average Bonchev–Trinajstić information content (AvgIpc) is 2.59. The van der Waals surface area contributed by atoms with E-state index < -0.39 is 11.5 Å². The Morgan fingerprint density at radius 1 is 1.30 bits per heavy atom. The lowest BCUT2D eigenvalue weighted by Crippen LogP contribution is -2.21. The van der Waals surface area contributed by atoms with Crippen LogP contribution in [0.15, 0.2) is 61.5 Å². The van der Waals surface area contributed by atoms with Gasteiger partial charge < -0.3 is 20.0 Å². The largest absolute Gasteiger partial charge is 0.507 e. The van der Waals surface area contributed by atoms with E-state index in [1.165, 1.54) is 12.1 Å². The Balaban J connectivity index is 2.12. The van der Waals surface area contributed by atoms with Crippen molar-refractivity contribution in [1.82, 2.24) is 0 Å². The van der Waals surface area contributed by atoms with Crippen molar-refractivity contribution in [2.24, 2.45) is 5.73 Å². The van der Waals surface area contributed by atoms with Gasteiger partial charge in [0.25, 0.3) is 0 Å². The molecule has 4 rings (SSSR count). The third-order valence-corrected chi connectivity index (χ3v) is 5.05. The van der Waals surface area contributed by atoms with Crippen LogP contribution in [0.3, 0.4) is 0 Å². The van der Waals surface area contributed by atoms with Gasteiger partial charge in [0.15, 0.2) is 0 Å². The van der Waals surface area contributed by atoms with Gasteiger partial charge in [0.2, 0.25) is 5.88 Å². The highest BCUT2D eigenvalue weighted by Gasteiger charge is 2.35. The number of allylic oxidation sites excluding steroid dienone is 1. The lowest BCUT2D eigenvalue weighted by molar-refractivity contribution is 0.385. The van der Waals surface area contributed by atoms with Crippen molar-refractivity contribution in [3.63, 3.8) is 0 Å².